The Hall–Kier alpha value is -1.10. The summed E-state index contributed by atoms with van der Waals surface area (Å²) in [4.78, 5) is 15.4. The maximum atomic E-state index is 12.4. The SMILES string of the molecule is CCN1CCCC1CNC(=O)c1sc2ccccc2c1Cl. The van der Waals surface area contributed by atoms with Gasteiger partial charge in [-0.25, -0.2) is 0 Å². The van der Waals surface area contributed by atoms with Crippen LogP contribution in [0.25, 0.3) is 10.1 Å². The summed E-state index contributed by atoms with van der Waals surface area (Å²) in [6.07, 6.45) is 2.38. The molecule has 2 heterocycles. The summed E-state index contributed by atoms with van der Waals surface area (Å²) in [6, 6.07) is 8.33. The topological polar surface area (TPSA) is 32.3 Å². The maximum Gasteiger partial charge on any atom is 0.262 e. The minimum atomic E-state index is -0.0517. The molecule has 21 heavy (non-hydrogen) atoms. The summed E-state index contributed by atoms with van der Waals surface area (Å²) in [5.74, 6) is -0.0517. The van der Waals surface area contributed by atoms with Gasteiger partial charge in [0, 0.05) is 22.7 Å². The van der Waals surface area contributed by atoms with E-state index in [9.17, 15) is 4.79 Å². The van der Waals surface area contributed by atoms with Crippen molar-refractivity contribution in [1.29, 1.82) is 0 Å². The van der Waals surface area contributed by atoms with Crippen molar-refractivity contribution in [1.82, 2.24) is 10.2 Å². The number of thiophene rings is 1. The van der Waals surface area contributed by atoms with Gasteiger partial charge in [-0.3, -0.25) is 9.69 Å². The van der Waals surface area contributed by atoms with Crippen molar-refractivity contribution >= 4 is 38.9 Å². The number of amides is 1. The highest BCUT2D eigenvalue weighted by atomic mass is 35.5. The first-order valence-corrected chi connectivity index (χ1v) is 8.59. The molecule has 1 unspecified atom stereocenters. The van der Waals surface area contributed by atoms with Gasteiger partial charge >= 0.3 is 0 Å². The Morgan fingerprint density at radius 1 is 1.48 bits per heavy atom. The molecular formula is C16H19ClN2OS. The third-order valence-corrected chi connectivity index (χ3v) is 5.82. The van der Waals surface area contributed by atoms with Crippen LogP contribution in [0.15, 0.2) is 24.3 Å². The van der Waals surface area contributed by atoms with E-state index in [0.717, 1.165) is 29.6 Å². The molecule has 1 N–H and O–H groups in total. The molecule has 0 radical (unpaired) electrons. The van der Waals surface area contributed by atoms with Gasteiger partial charge in [0.25, 0.3) is 5.91 Å². The lowest BCUT2D eigenvalue weighted by atomic mass is 10.2. The van der Waals surface area contributed by atoms with E-state index in [1.807, 2.05) is 24.3 Å². The van der Waals surface area contributed by atoms with Gasteiger partial charge in [-0.1, -0.05) is 36.7 Å². The predicted molar refractivity (Wildman–Crippen MR) is 89.4 cm³/mol. The summed E-state index contributed by atoms with van der Waals surface area (Å²) in [7, 11) is 0. The quantitative estimate of drug-likeness (QED) is 0.929. The smallest absolute Gasteiger partial charge is 0.262 e. The lowest BCUT2D eigenvalue weighted by molar-refractivity contribution is 0.0945. The van der Waals surface area contributed by atoms with Gasteiger partial charge in [-0.15, -0.1) is 11.3 Å². The lowest BCUT2D eigenvalue weighted by Gasteiger charge is -2.22. The molecule has 1 amide bonds. The monoisotopic (exact) mass is 322 g/mol. The highest BCUT2D eigenvalue weighted by Gasteiger charge is 2.24. The molecule has 1 atom stereocenters. The van der Waals surface area contributed by atoms with Gasteiger partial charge < -0.3 is 5.32 Å². The van der Waals surface area contributed by atoms with Gasteiger partial charge in [0.15, 0.2) is 0 Å². The predicted octanol–water partition coefficient (Wildman–Crippen LogP) is 3.77. The van der Waals surface area contributed by atoms with Gasteiger partial charge in [0.2, 0.25) is 0 Å². The first-order chi connectivity index (χ1) is 10.2. The molecule has 3 rings (SSSR count). The maximum absolute atomic E-state index is 12.4. The van der Waals surface area contributed by atoms with Crippen molar-refractivity contribution in [2.24, 2.45) is 0 Å². The van der Waals surface area contributed by atoms with Crippen LogP contribution >= 0.6 is 22.9 Å². The second-order valence-electron chi connectivity index (χ2n) is 5.38. The molecule has 1 aromatic heterocycles. The van der Waals surface area contributed by atoms with E-state index in [-0.39, 0.29) is 5.91 Å². The Labute approximate surface area is 133 Å². The van der Waals surface area contributed by atoms with E-state index in [1.165, 1.54) is 17.8 Å². The van der Waals surface area contributed by atoms with Crippen molar-refractivity contribution in [2.45, 2.75) is 25.8 Å². The number of benzene rings is 1. The van der Waals surface area contributed by atoms with Crippen LogP contribution in [0, 0.1) is 0 Å². The molecule has 0 aliphatic carbocycles. The summed E-state index contributed by atoms with van der Waals surface area (Å²) in [5.41, 5.74) is 0. The van der Waals surface area contributed by atoms with E-state index in [1.54, 1.807) is 0 Å². The molecule has 1 aliphatic heterocycles. The molecule has 0 saturated carbocycles. The van der Waals surface area contributed by atoms with Crippen molar-refractivity contribution in [3.63, 3.8) is 0 Å². The van der Waals surface area contributed by atoms with Crippen LogP contribution in [-0.4, -0.2) is 36.5 Å². The minimum Gasteiger partial charge on any atom is -0.350 e. The molecule has 1 aliphatic rings. The zero-order valence-corrected chi connectivity index (χ0v) is 13.6. The number of carbonyl (C=O) groups excluding carboxylic acids is 1. The molecule has 2 aromatic rings. The zero-order chi connectivity index (χ0) is 14.8. The number of nitrogens with zero attached hydrogens (tertiary/aromatic N) is 1. The second kappa shape index (κ2) is 6.34. The molecule has 1 saturated heterocycles. The normalized spacial score (nSPS) is 19.2. The molecule has 0 bridgehead atoms. The number of likely N-dealkylation sites (N-methyl/N-ethyl adjacent to an activating group) is 1. The summed E-state index contributed by atoms with van der Waals surface area (Å²) in [5, 5.41) is 4.59. The fourth-order valence-corrected chi connectivity index (χ4v) is 4.43. The van der Waals surface area contributed by atoms with E-state index in [4.69, 9.17) is 11.6 Å². The fraction of sp³-hybridized carbons (Fsp3) is 0.438. The van der Waals surface area contributed by atoms with Crippen LogP contribution in [0.3, 0.4) is 0 Å². The number of rotatable bonds is 4. The standard InChI is InChI=1S/C16H19ClN2OS/c1-2-19-9-5-6-11(19)10-18-16(20)15-14(17)12-7-3-4-8-13(12)21-15/h3-4,7-8,11H,2,5-6,9-10H2,1H3,(H,18,20). The Kier molecular flexibility index (Phi) is 4.48. The molecule has 112 valence electrons. The molecular weight excluding hydrogens is 304 g/mol. The van der Waals surface area contributed by atoms with Gasteiger partial charge in [-0.2, -0.15) is 0 Å². The van der Waals surface area contributed by atoms with Gasteiger partial charge in [-0.05, 0) is 32.0 Å². The van der Waals surface area contributed by atoms with Gasteiger partial charge in [0.05, 0.1) is 5.02 Å². The summed E-state index contributed by atoms with van der Waals surface area (Å²) in [6.45, 7) is 5.06. The Bertz CT molecular complexity index is 655. The fourth-order valence-electron chi connectivity index (χ4n) is 2.99. The summed E-state index contributed by atoms with van der Waals surface area (Å²) >= 11 is 7.81. The Balaban J connectivity index is 1.71. The van der Waals surface area contributed by atoms with Gasteiger partial charge in [0.1, 0.15) is 4.88 Å². The van der Waals surface area contributed by atoms with E-state index in [0.29, 0.717) is 22.5 Å². The van der Waals surface area contributed by atoms with Crippen molar-refractivity contribution in [3.05, 3.63) is 34.2 Å². The number of likely N-dealkylation sites (tertiary alicyclic amines) is 1. The van der Waals surface area contributed by atoms with Crippen LogP contribution in [0.2, 0.25) is 5.02 Å². The highest BCUT2D eigenvalue weighted by Crippen LogP contribution is 2.35. The minimum absolute atomic E-state index is 0.0517. The van der Waals surface area contributed by atoms with Crippen LogP contribution in [0.1, 0.15) is 29.4 Å². The van der Waals surface area contributed by atoms with E-state index >= 15 is 0 Å². The third kappa shape index (κ3) is 2.93. The number of halogens is 1. The first-order valence-electron chi connectivity index (χ1n) is 7.40. The highest BCUT2D eigenvalue weighted by molar-refractivity contribution is 7.21. The molecule has 3 nitrogen and oxygen atoms in total. The molecule has 1 aromatic carbocycles. The van der Waals surface area contributed by atoms with Crippen molar-refractivity contribution < 1.29 is 4.79 Å². The second-order valence-corrected chi connectivity index (χ2v) is 6.81. The molecule has 1 fully saturated rings. The van der Waals surface area contributed by atoms with Crippen LogP contribution < -0.4 is 5.32 Å². The van der Waals surface area contributed by atoms with Crippen LogP contribution in [-0.2, 0) is 0 Å². The van der Waals surface area contributed by atoms with Crippen molar-refractivity contribution in [3.8, 4) is 0 Å². The zero-order valence-electron chi connectivity index (χ0n) is 12.1. The van der Waals surface area contributed by atoms with E-state index < -0.39 is 0 Å². The Morgan fingerprint density at radius 3 is 3.05 bits per heavy atom. The number of hydrogen-bond acceptors (Lipinski definition) is 3. The largest absolute Gasteiger partial charge is 0.350 e. The average molecular weight is 323 g/mol. The average Bonchev–Trinajstić information content (AvgIpc) is 3.09. The molecule has 5 heteroatoms. The number of fused-ring (bicyclic) bond motifs is 1. The van der Waals surface area contributed by atoms with Crippen LogP contribution in [0.5, 0.6) is 0 Å². The lowest BCUT2D eigenvalue weighted by Crippen LogP contribution is -2.39. The van der Waals surface area contributed by atoms with E-state index in [2.05, 4.69) is 17.1 Å². The summed E-state index contributed by atoms with van der Waals surface area (Å²) < 4.78 is 1.06. The Morgan fingerprint density at radius 2 is 2.29 bits per heavy atom. The first kappa shape index (κ1) is 14.8. The van der Waals surface area contributed by atoms with Crippen LogP contribution in [0.4, 0.5) is 0 Å². The third-order valence-electron chi connectivity index (χ3n) is 4.14. The van der Waals surface area contributed by atoms with Crippen molar-refractivity contribution in [2.75, 3.05) is 19.6 Å². The number of nitrogens with one attached hydrogen (secondary N) is 1. The molecule has 0 spiro atoms. The number of carbonyl (C=O) groups is 1. The number of hydrogen-bond donors (Lipinski definition) is 1.